The van der Waals surface area contributed by atoms with Gasteiger partial charge in [-0.3, -0.25) is 9.20 Å². The first-order chi connectivity index (χ1) is 15.0. The topological polar surface area (TPSA) is 98.1 Å². The Morgan fingerprint density at radius 2 is 1.94 bits per heavy atom. The highest BCUT2D eigenvalue weighted by molar-refractivity contribution is 5.90. The number of esters is 1. The number of alkyl carbamates (subject to hydrolysis) is 1. The van der Waals surface area contributed by atoms with Crippen LogP contribution in [0.2, 0.25) is 0 Å². The van der Waals surface area contributed by atoms with Crippen molar-refractivity contribution in [3.05, 3.63) is 45.1 Å². The summed E-state index contributed by atoms with van der Waals surface area (Å²) in [6.07, 6.45) is 2.43. The standard InChI is InChI=1S/C23H30FN3O5/c1-6-31-21(29)16-11-15(14-7-8-14)19-13(2)18(17(24)12-27(19)20(16)28)25-9-10-26-22(30)32-23(3,4)5/h11-12,14,25H,6-10H2,1-5H3,(H,26,30). The molecule has 1 saturated carbocycles. The van der Waals surface area contributed by atoms with E-state index in [1.807, 2.05) is 0 Å². The van der Waals surface area contributed by atoms with Gasteiger partial charge in [0.25, 0.3) is 5.56 Å². The third kappa shape index (κ3) is 5.20. The lowest BCUT2D eigenvalue weighted by Crippen LogP contribution is -2.35. The maximum absolute atomic E-state index is 14.9. The fraction of sp³-hybridized carbons (Fsp3) is 0.522. The van der Waals surface area contributed by atoms with E-state index in [0.29, 0.717) is 11.1 Å². The van der Waals surface area contributed by atoms with E-state index in [1.165, 1.54) is 4.40 Å². The number of hydrogen-bond acceptors (Lipinski definition) is 6. The van der Waals surface area contributed by atoms with Gasteiger partial charge in [0.2, 0.25) is 0 Å². The van der Waals surface area contributed by atoms with Crippen LogP contribution < -0.4 is 16.2 Å². The Morgan fingerprint density at radius 1 is 1.25 bits per heavy atom. The second kappa shape index (κ2) is 9.18. The van der Waals surface area contributed by atoms with Crippen molar-refractivity contribution in [2.24, 2.45) is 0 Å². The fourth-order valence-electron chi connectivity index (χ4n) is 3.60. The van der Waals surface area contributed by atoms with Crippen LogP contribution in [0.1, 0.15) is 67.9 Å². The smallest absolute Gasteiger partial charge is 0.407 e. The molecule has 1 aliphatic rings. The molecule has 0 atom stereocenters. The van der Waals surface area contributed by atoms with Crippen molar-refractivity contribution in [1.82, 2.24) is 9.72 Å². The van der Waals surface area contributed by atoms with Crippen LogP contribution >= 0.6 is 0 Å². The van der Waals surface area contributed by atoms with Crippen LogP contribution in [0.5, 0.6) is 0 Å². The van der Waals surface area contributed by atoms with Gasteiger partial charge in [-0.05, 0) is 70.6 Å². The summed E-state index contributed by atoms with van der Waals surface area (Å²) < 4.78 is 26.3. The van der Waals surface area contributed by atoms with Crippen molar-refractivity contribution in [1.29, 1.82) is 0 Å². The number of ether oxygens (including phenoxy) is 2. The Bertz CT molecular complexity index is 1100. The predicted molar refractivity (Wildman–Crippen MR) is 119 cm³/mol. The van der Waals surface area contributed by atoms with E-state index in [0.717, 1.165) is 24.6 Å². The summed E-state index contributed by atoms with van der Waals surface area (Å²) in [6.45, 7) is 9.34. The Balaban J connectivity index is 1.89. The lowest BCUT2D eigenvalue weighted by molar-refractivity contribution is 0.0516. The molecule has 8 nitrogen and oxygen atoms in total. The molecule has 2 aromatic heterocycles. The molecule has 32 heavy (non-hydrogen) atoms. The third-order valence-electron chi connectivity index (χ3n) is 5.08. The molecule has 174 valence electrons. The Morgan fingerprint density at radius 3 is 2.53 bits per heavy atom. The first kappa shape index (κ1) is 23.6. The molecule has 2 N–H and O–H groups in total. The fourth-order valence-corrected chi connectivity index (χ4v) is 3.60. The number of aromatic nitrogens is 1. The number of hydrogen-bond donors (Lipinski definition) is 2. The summed E-state index contributed by atoms with van der Waals surface area (Å²) in [5, 5.41) is 5.62. The average Bonchev–Trinajstić information content (AvgIpc) is 3.52. The van der Waals surface area contributed by atoms with E-state index >= 15 is 0 Å². The number of halogens is 1. The highest BCUT2D eigenvalue weighted by Crippen LogP contribution is 2.43. The Kier molecular flexibility index (Phi) is 6.76. The quantitative estimate of drug-likeness (QED) is 0.496. The van der Waals surface area contributed by atoms with Gasteiger partial charge in [0.05, 0.1) is 24.0 Å². The average molecular weight is 448 g/mol. The minimum absolute atomic E-state index is 0.0904. The summed E-state index contributed by atoms with van der Waals surface area (Å²) in [5.74, 6) is -1.12. The lowest BCUT2D eigenvalue weighted by Gasteiger charge is -2.20. The molecule has 0 bridgehead atoms. The van der Waals surface area contributed by atoms with Crippen LogP contribution in [0.15, 0.2) is 17.1 Å². The van der Waals surface area contributed by atoms with Gasteiger partial charge in [-0.25, -0.2) is 14.0 Å². The van der Waals surface area contributed by atoms with Crippen molar-refractivity contribution in [3.8, 4) is 0 Å². The molecule has 3 rings (SSSR count). The van der Waals surface area contributed by atoms with Crippen molar-refractivity contribution in [2.75, 3.05) is 25.0 Å². The van der Waals surface area contributed by atoms with E-state index in [-0.39, 0.29) is 36.9 Å². The summed E-state index contributed by atoms with van der Waals surface area (Å²) >= 11 is 0. The van der Waals surface area contributed by atoms with E-state index in [9.17, 15) is 18.8 Å². The van der Waals surface area contributed by atoms with Gasteiger partial charge in [-0.2, -0.15) is 0 Å². The molecule has 1 aliphatic carbocycles. The van der Waals surface area contributed by atoms with Crippen LogP contribution in [-0.2, 0) is 9.47 Å². The number of anilines is 1. The Labute approximate surface area is 186 Å². The minimum atomic E-state index is -0.706. The highest BCUT2D eigenvalue weighted by atomic mass is 19.1. The van der Waals surface area contributed by atoms with Crippen LogP contribution in [0, 0.1) is 12.7 Å². The number of amides is 1. The van der Waals surface area contributed by atoms with Gasteiger partial charge in [0, 0.05) is 13.1 Å². The van der Waals surface area contributed by atoms with Crippen molar-refractivity contribution in [2.45, 2.75) is 59.0 Å². The maximum atomic E-state index is 14.9. The zero-order valence-corrected chi connectivity index (χ0v) is 19.1. The van der Waals surface area contributed by atoms with Gasteiger partial charge in [-0.15, -0.1) is 0 Å². The largest absolute Gasteiger partial charge is 0.462 e. The van der Waals surface area contributed by atoms with Gasteiger partial charge >= 0.3 is 12.1 Å². The summed E-state index contributed by atoms with van der Waals surface area (Å²) in [5.41, 5.74) is 0.941. The van der Waals surface area contributed by atoms with Crippen LogP contribution in [0.25, 0.3) is 5.52 Å². The van der Waals surface area contributed by atoms with Crippen LogP contribution in [-0.4, -0.2) is 41.8 Å². The predicted octanol–water partition coefficient (Wildman–Crippen LogP) is 3.74. The first-order valence-electron chi connectivity index (χ1n) is 10.8. The number of nitrogens with zero attached hydrogens (tertiary/aromatic N) is 1. The molecule has 9 heteroatoms. The number of fused-ring (bicyclic) bond motifs is 1. The SMILES string of the molecule is CCOC(=O)c1cc(C2CC2)c2c(C)c(NCCNC(=O)OC(C)(C)C)c(F)cn2c1=O. The molecule has 0 aromatic carbocycles. The van der Waals surface area contributed by atoms with Gasteiger partial charge in [0.1, 0.15) is 11.2 Å². The van der Waals surface area contributed by atoms with Crippen LogP contribution in [0.4, 0.5) is 14.9 Å². The lowest BCUT2D eigenvalue weighted by atomic mass is 10.0. The normalized spacial score (nSPS) is 13.7. The van der Waals surface area contributed by atoms with E-state index in [4.69, 9.17) is 9.47 Å². The van der Waals surface area contributed by atoms with Gasteiger partial charge < -0.3 is 20.1 Å². The molecule has 1 amide bonds. The van der Waals surface area contributed by atoms with E-state index < -0.39 is 29.0 Å². The van der Waals surface area contributed by atoms with E-state index in [1.54, 1.807) is 40.7 Å². The minimum Gasteiger partial charge on any atom is -0.462 e. The summed E-state index contributed by atoms with van der Waals surface area (Å²) in [7, 11) is 0. The maximum Gasteiger partial charge on any atom is 0.407 e. The number of carbonyl (C=O) groups excluding carboxylic acids is 2. The summed E-state index contributed by atoms with van der Waals surface area (Å²) in [6, 6.07) is 1.59. The van der Waals surface area contributed by atoms with Crippen molar-refractivity contribution < 1.29 is 23.5 Å². The highest BCUT2D eigenvalue weighted by Gasteiger charge is 2.30. The monoisotopic (exact) mass is 447 g/mol. The Hall–Kier alpha value is -3.10. The molecule has 2 heterocycles. The van der Waals surface area contributed by atoms with Crippen molar-refractivity contribution in [3.63, 3.8) is 0 Å². The van der Waals surface area contributed by atoms with Crippen LogP contribution in [0.3, 0.4) is 0 Å². The zero-order chi connectivity index (χ0) is 23.6. The molecule has 0 spiro atoms. The number of rotatable bonds is 7. The molecule has 2 aromatic rings. The molecule has 0 saturated heterocycles. The van der Waals surface area contributed by atoms with E-state index in [2.05, 4.69) is 10.6 Å². The molecule has 0 aliphatic heterocycles. The number of pyridine rings is 2. The third-order valence-corrected chi connectivity index (χ3v) is 5.08. The number of carbonyl (C=O) groups is 2. The number of aryl methyl sites for hydroxylation is 1. The molecule has 1 fully saturated rings. The second-order valence-electron chi connectivity index (χ2n) is 8.86. The number of nitrogens with one attached hydrogen (secondary N) is 2. The zero-order valence-electron chi connectivity index (χ0n) is 19.1. The first-order valence-corrected chi connectivity index (χ1v) is 10.8. The van der Waals surface area contributed by atoms with Crippen molar-refractivity contribution >= 4 is 23.3 Å². The van der Waals surface area contributed by atoms with Gasteiger partial charge in [0.15, 0.2) is 5.82 Å². The summed E-state index contributed by atoms with van der Waals surface area (Å²) in [4.78, 5) is 37.0. The molecular weight excluding hydrogens is 417 g/mol. The molecule has 0 radical (unpaired) electrons. The second-order valence-corrected chi connectivity index (χ2v) is 8.86. The molecular formula is C23H30FN3O5. The van der Waals surface area contributed by atoms with Gasteiger partial charge in [-0.1, -0.05) is 0 Å². The molecule has 0 unspecified atom stereocenters.